The molecule has 0 aliphatic rings. The zero-order valence-electron chi connectivity index (χ0n) is 5.97. The van der Waals surface area contributed by atoms with Gasteiger partial charge in [0.2, 0.25) is 0 Å². The Morgan fingerprint density at radius 3 is 2.50 bits per heavy atom. The molecule has 0 saturated carbocycles. The summed E-state index contributed by atoms with van der Waals surface area (Å²) in [4.78, 5) is 10.7. The Labute approximate surface area is 76.7 Å². The molecule has 0 saturated heterocycles. The highest BCUT2D eigenvalue weighted by atomic mass is 79.9. The minimum Gasteiger partial charge on any atom is -0.398 e. The van der Waals surface area contributed by atoms with Crippen molar-refractivity contribution < 1.29 is 9.18 Å². The van der Waals surface area contributed by atoms with Crippen LogP contribution in [0.15, 0.2) is 16.6 Å². The van der Waals surface area contributed by atoms with Crippen LogP contribution < -0.4 is 11.5 Å². The quantitative estimate of drug-likeness (QED) is 0.717. The van der Waals surface area contributed by atoms with Gasteiger partial charge in [-0.15, -0.1) is 0 Å². The third kappa shape index (κ3) is 1.40. The zero-order chi connectivity index (χ0) is 9.30. The Morgan fingerprint density at radius 1 is 1.50 bits per heavy atom. The largest absolute Gasteiger partial charge is 0.398 e. The number of primary amides is 1. The number of benzene rings is 1. The first-order chi connectivity index (χ1) is 5.54. The summed E-state index contributed by atoms with van der Waals surface area (Å²) < 4.78 is 13.1. The highest BCUT2D eigenvalue weighted by molar-refractivity contribution is 9.10. The topological polar surface area (TPSA) is 69.1 Å². The predicted molar refractivity (Wildman–Crippen MR) is 47.0 cm³/mol. The number of hydrogen-bond donors (Lipinski definition) is 2. The van der Waals surface area contributed by atoms with Crippen LogP contribution in [-0.4, -0.2) is 5.91 Å². The third-order valence-electron chi connectivity index (χ3n) is 1.37. The van der Waals surface area contributed by atoms with Crippen molar-refractivity contribution in [3.05, 3.63) is 28.0 Å². The average molecular weight is 233 g/mol. The van der Waals surface area contributed by atoms with E-state index >= 15 is 0 Å². The number of anilines is 1. The second-order valence-electron chi connectivity index (χ2n) is 2.19. The fraction of sp³-hybridized carbons (Fsp3) is 0. The highest BCUT2D eigenvalue weighted by Crippen LogP contribution is 2.25. The standard InChI is InChI=1S/C7H6BrFN2O/c8-6-4(10)2-1-3(9)5(6)7(11)12/h1-2H,10H2,(H2,11,12). The normalized spacial score (nSPS) is 9.83. The number of amides is 1. The summed E-state index contributed by atoms with van der Waals surface area (Å²) in [5, 5.41) is 0. The SMILES string of the molecule is NC(=O)c1c(F)ccc(N)c1Br. The fourth-order valence-corrected chi connectivity index (χ4v) is 1.31. The Morgan fingerprint density at radius 2 is 2.08 bits per heavy atom. The van der Waals surface area contributed by atoms with Crippen LogP contribution in [0.3, 0.4) is 0 Å². The second kappa shape index (κ2) is 3.10. The number of nitrogen functional groups attached to an aromatic ring is 1. The molecular formula is C7H6BrFN2O. The van der Waals surface area contributed by atoms with Crippen LogP contribution in [0.2, 0.25) is 0 Å². The maximum Gasteiger partial charge on any atom is 0.252 e. The Hall–Kier alpha value is -1.10. The van der Waals surface area contributed by atoms with E-state index in [0.29, 0.717) is 0 Å². The van der Waals surface area contributed by atoms with Crippen molar-refractivity contribution in [2.45, 2.75) is 0 Å². The van der Waals surface area contributed by atoms with Gasteiger partial charge in [0.15, 0.2) is 0 Å². The zero-order valence-corrected chi connectivity index (χ0v) is 7.56. The van der Waals surface area contributed by atoms with E-state index in [1.54, 1.807) is 0 Å². The van der Waals surface area contributed by atoms with Gasteiger partial charge in [0.25, 0.3) is 5.91 Å². The summed E-state index contributed by atoms with van der Waals surface area (Å²) in [7, 11) is 0. The van der Waals surface area contributed by atoms with Crippen molar-refractivity contribution in [3.8, 4) is 0 Å². The summed E-state index contributed by atoms with van der Waals surface area (Å²) in [6.45, 7) is 0. The minimum absolute atomic E-state index is 0.204. The van der Waals surface area contributed by atoms with Gasteiger partial charge in [0, 0.05) is 5.69 Å². The van der Waals surface area contributed by atoms with Crippen molar-refractivity contribution in [2.24, 2.45) is 5.73 Å². The minimum atomic E-state index is -0.841. The lowest BCUT2D eigenvalue weighted by atomic mass is 10.2. The molecule has 0 fully saturated rings. The van der Waals surface area contributed by atoms with E-state index in [4.69, 9.17) is 11.5 Å². The van der Waals surface area contributed by atoms with Gasteiger partial charge >= 0.3 is 0 Å². The number of carbonyl (C=O) groups excluding carboxylic acids is 1. The smallest absolute Gasteiger partial charge is 0.252 e. The fourth-order valence-electron chi connectivity index (χ4n) is 0.794. The average Bonchev–Trinajstić information content (AvgIpc) is 1.97. The maximum atomic E-state index is 12.9. The molecule has 0 radical (unpaired) electrons. The van der Waals surface area contributed by atoms with E-state index in [1.165, 1.54) is 6.07 Å². The van der Waals surface area contributed by atoms with Gasteiger partial charge in [0.1, 0.15) is 5.82 Å². The number of halogens is 2. The molecule has 0 unspecified atom stereocenters. The van der Waals surface area contributed by atoms with Crippen LogP contribution in [0.5, 0.6) is 0 Å². The van der Waals surface area contributed by atoms with E-state index in [9.17, 15) is 9.18 Å². The summed E-state index contributed by atoms with van der Waals surface area (Å²) >= 11 is 2.97. The first-order valence-electron chi connectivity index (χ1n) is 3.07. The molecule has 0 aliphatic carbocycles. The van der Waals surface area contributed by atoms with E-state index in [2.05, 4.69) is 15.9 Å². The molecule has 0 aromatic heterocycles. The number of rotatable bonds is 1. The molecule has 0 spiro atoms. The Kier molecular flexibility index (Phi) is 2.32. The molecule has 0 atom stereocenters. The van der Waals surface area contributed by atoms with Crippen LogP contribution in [0.4, 0.5) is 10.1 Å². The lowest BCUT2D eigenvalue weighted by Crippen LogP contribution is -2.14. The molecule has 5 heteroatoms. The van der Waals surface area contributed by atoms with Gasteiger partial charge in [-0.05, 0) is 28.1 Å². The third-order valence-corrected chi connectivity index (χ3v) is 2.22. The molecular weight excluding hydrogens is 227 g/mol. The number of hydrogen-bond acceptors (Lipinski definition) is 2. The molecule has 1 rings (SSSR count). The molecule has 4 N–H and O–H groups in total. The summed E-state index contributed by atoms with van der Waals surface area (Å²) in [6.07, 6.45) is 0. The molecule has 1 amide bonds. The number of carbonyl (C=O) groups is 1. The van der Waals surface area contributed by atoms with E-state index in [0.717, 1.165) is 6.07 Å². The molecule has 64 valence electrons. The molecule has 12 heavy (non-hydrogen) atoms. The van der Waals surface area contributed by atoms with Crippen LogP contribution in [0, 0.1) is 5.82 Å². The van der Waals surface area contributed by atoms with Gasteiger partial charge in [-0.1, -0.05) is 0 Å². The lowest BCUT2D eigenvalue weighted by molar-refractivity contribution is 0.0996. The van der Waals surface area contributed by atoms with Crippen LogP contribution >= 0.6 is 15.9 Å². The van der Waals surface area contributed by atoms with Gasteiger partial charge in [-0.25, -0.2) is 4.39 Å². The Balaban J connectivity index is 3.43. The van der Waals surface area contributed by atoms with Crippen molar-refractivity contribution >= 4 is 27.5 Å². The summed E-state index contributed by atoms with van der Waals surface area (Å²) in [6, 6.07) is 2.45. The number of nitrogens with two attached hydrogens (primary N) is 2. The van der Waals surface area contributed by atoms with E-state index in [-0.39, 0.29) is 15.7 Å². The molecule has 1 aromatic carbocycles. The van der Waals surface area contributed by atoms with E-state index < -0.39 is 11.7 Å². The monoisotopic (exact) mass is 232 g/mol. The lowest BCUT2D eigenvalue weighted by Gasteiger charge is -2.03. The van der Waals surface area contributed by atoms with Crippen molar-refractivity contribution in [3.63, 3.8) is 0 Å². The molecule has 3 nitrogen and oxygen atoms in total. The predicted octanol–water partition coefficient (Wildman–Crippen LogP) is 1.27. The summed E-state index contributed by atoms with van der Waals surface area (Å²) in [5.74, 6) is -1.52. The van der Waals surface area contributed by atoms with Crippen LogP contribution in [0.25, 0.3) is 0 Å². The molecule has 0 bridgehead atoms. The second-order valence-corrected chi connectivity index (χ2v) is 2.98. The van der Waals surface area contributed by atoms with Gasteiger partial charge in [0.05, 0.1) is 10.0 Å². The Bertz CT molecular complexity index is 340. The van der Waals surface area contributed by atoms with Gasteiger partial charge in [-0.2, -0.15) is 0 Å². The molecule has 1 aromatic rings. The summed E-state index contributed by atoms with van der Waals surface area (Å²) in [5.41, 5.74) is 10.4. The van der Waals surface area contributed by atoms with Crippen LogP contribution in [-0.2, 0) is 0 Å². The highest BCUT2D eigenvalue weighted by Gasteiger charge is 2.14. The van der Waals surface area contributed by atoms with Crippen molar-refractivity contribution in [2.75, 3.05) is 5.73 Å². The van der Waals surface area contributed by atoms with Gasteiger partial charge < -0.3 is 11.5 Å². The van der Waals surface area contributed by atoms with Crippen LogP contribution in [0.1, 0.15) is 10.4 Å². The van der Waals surface area contributed by atoms with Crippen molar-refractivity contribution in [1.29, 1.82) is 0 Å². The maximum absolute atomic E-state index is 12.9. The molecule has 0 heterocycles. The first kappa shape index (κ1) is 8.99. The molecule has 0 aliphatic heterocycles. The van der Waals surface area contributed by atoms with Crippen molar-refractivity contribution in [1.82, 2.24) is 0 Å². The van der Waals surface area contributed by atoms with E-state index in [1.807, 2.05) is 0 Å². The van der Waals surface area contributed by atoms with Gasteiger partial charge in [-0.3, -0.25) is 4.79 Å². The first-order valence-corrected chi connectivity index (χ1v) is 3.86.